The number of nitrogens with one attached hydrogen (secondary N) is 1. The molecule has 0 radical (unpaired) electrons. The molecule has 1 aliphatic rings. The molecule has 0 spiro atoms. The van der Waals surface area contributed by atoms with E-state index in [1.54, 1.807) is 0 Å². The monoisotopic (exact) mass is 208 g/mol. The van der Waals surface area contributed by atoms with Crippen molar-refractivity contribution in [3.63, 3.8) is 0 Å². The second kappa shape index (κ2) is 4.62. The van der Waals surface area contributed by atoms with Crippen molar-refractivity contribution in [2.45, 2.75) is 19.4 Å². The summed E-state index contributed by atoms with van der Waals surface area (Å²) >= 11 is 0. The quantitative estimate of drug-likeness (QED) is 0.800. The van der Waals surface area contributed by atoms with E-state index in [1.807, 2.05) is 12.1 Å². The lowest BCUT2D eigenvalue weighted by atomic mass is 10.1. The molecule has 2 rings (SSSR count). The Hall–Kier alpha value is -1.09. The molecule has 3 heteroatoms. The number of piperazine rings is 1. The molecule has 15 heavy (non-hydrogen) atoms. The van der Waals surface area contributed by atoms with Crippen molar-refractivity contribution >= 4 is 5.69 Å². The molecule has 1 N–H and O–H groups in total. The fourth-order valence-corrected chi connectivity index (χ4v) is 2.10. The third kappa shape index (κ3) is 2.29. The molecular weight excluding hydrogens is 191 g/mol. The maximum atomic E-state index is 12.8. The van der Waals surface area contributed by atoms with Crippen LogP contribution in [0.3, 0.4) is 0 Å². The zero-order chi connectivity index (χ0) is 10.7. The molecule has 1 aliphatic heterocycles. The van der Waals surface area contributed by atoms with Gasteiger partial charge in [0.15, 0.2) is 0 Å². The van der Waals surface area contributed by atoms with Gasteiger partial charge in [-0.25, -0.2) is 4.39 Å². The summed E-state index contributed by atoms with van der Waals surface area (Å²) in [5, 5.41) is 3.38. The molecule has 2 nitrogen and oxygen atoms in total. The van der Waals surface area contributed by atoms with Crippen molar-refractivity contribution < 1.29 is 4.39 Å². The first-order valence-electron chi connectivity index (χ1n) is 5.54. The van der Waals surface area contributed by atoms with Crippen LogP contribution >= 0.6 is 0 Å². The van der Waals surface area contributed by atoms with Crippen LogP contribution in [0.5, 0.6) is 0 Å². The lowest BCUT2D eigenvalue weighted by Crippen LogP contribution is -2.51. The Morgan fingerprint density at radius 3 is 2.80 bits per heavy atom. The van der Waals surface area contributed by atoms with Gasteiger partial charge < -0.3 is 10.2 Å². The van der Waals surface area contributed by atoms with Crippen molar-refractivity contribution in [3.8, 4) is 0 Å². The van der Waals surface area contributed by atoms with E-state index in [1.165, 1.54) is 12.1 Å². The fourth-order valence-electron chi connectivity index (χ4n) is 2.10. The average molecular weight is 208 g/mol. The molecule has 0 aliphatic carbocycles. The predicted molar refractivity (Wildman–Crippen MR) is 60.7 cm³/mol. The minimum Gasteiger partial charge on any atom is -0.366 e. The third-order valence-electron chi connectivity index (χ3n) is 2.98. The fraction of sp³-hybridized carbons (Fsp3) is 0.500. The van der Waals surface area contributed by atoms with Crippen LogP contribution in [0.4, 0.5) is 10.1 Å². The highest BCUT2D eigenvalue weighted by Gasteiger charge is 2.20. The van der Waals surface area contributed by atoms with Gasteiger partial charge >= 0.3 is 0 Å². The van der Waals surface area contributed by atoms with Gasteiger partial charge in [-0.05, 0) is 30.7 Å². The van der Waals surface area contributed by atoms with Crippen molar-refractivity contribution in [1.82, 2.24) is 5.32 Å². The molecule has 1 unspecified atom stereocenters. The second-order valence-corrected chi connectivity index (χ2v) is 3.94. The molecule has 0 amide bonds. The number of halogens is 1. The van der Waals surface area contributed by atoms with E-state index >= 15 is 0 Å². The number of benzene rings is 1. The average Bonchev–Trinajstić information content (AvgIpc) is 2.30. The molecule has 1 atom stereocenters. The molecule has 1 aromatic carbocycles. The zero-order valence-corrected chi connectivity index (χ0v) is 9.04. The van der Waals surface area contributed by atoms with Gasteiger partial charge in [0.05, 0.1) is 0 Å². The van der Waals surface area contributed by atoms with Gasteiger partial charge in [0.1, 0.15) is 5.82 Å². The molecular formula is C12H17FN2. The van der Waals surface area contributed by atoms with Gasteiger partial charge in [0, 0.05) is 31.4 Å². The lowest BCUT2D eigenvalue weighted by molar-refractivity contribution is 0.466. The molecule has 0 bridgehead atoms. The van der Waals surface area contributed by atoms with Gasteiger partial charge in [-0.3, -0.25) is 0 Å². The van der Waals surface area contributed by atoms with E-state index in [0.717, 1.165) is 31.7 Å². The van der Waals surface area contributed by atoms with Crippen LogP contribution in [0.15, 0.2) is 24.3 Å². The minimum absolute atomic E-state index is 0.165. The topological polar surface area (TPSA) is 15.3 Å². The van der Waals surface area contributed by atoms with Gasteiger partial charge in [0.2, 0.25) is 0 Å². The summed E-state index contributed by atoms with van der Waals surface area (Å²) in [6, 6.07) is 7.32. The molecule has 1 fully saturated rings. The minimum atomic E-state index is -0.165. The first kappa shape index (κ1) is 10.4. The summed E-state index contributed by atoms with van der Waals surface area (Å²) in [6.45, 7) is 5.22. The summed E-state index contributed by atoms with van der Waals surface area (Å²) in [5.41, 5.74) is 1.13. The van der Waals surface area contributed by atoms with E-state index < -0.39 is 0 Å². The Labute approximate surface area is 90.1 Å². The second-order valence-electron chi connectivity index (χ2n) is 3.94. The molecule has 82 valence electrons. The van der Waals surface area contributed by atoms with Crippen LogP contribution in [0.25, 0.3) is 0 Å². The summed E-state index contributed by atoms with van der Waals surface area (Å²) in [6.07, 6.45) is 1.12. The maximum Gasteiger partial charge on any atom is 0.123 e. The standard InChI is InChI=1S/C12H17FN2/c1-2-11-9-14-7-8-15(11)12-5-3-10(13)4-6-12/h3-6,11,14H,2,7-9H2,1H3. The van der Waals surface area contributed by atoms with Crippen LogP contribution in [0.1, 0.15) is 13.3 Å². The molecule has 1 heterocycles. The van der Waals surface area contributed by atoms with Gasteiger partial charge in [-0.1, -0.05) is 6.92 Å². The number of hydrogen-bond donors (Lipinski definition) is 1. The van der Waals surface area contributed by atoms with Gasteiger partial charge in [0.25, 0.3) is 0 Å². The van der Waals surface area contributed by atoms with E-state index in [2.05, 4.69) is 17.1 Å². The van der Waals surface area contributed by atoms with Gasteiger partial charge in [-0.2, -0.15) is 0 Å². The van der Waals surface area contributed by atoms with Crippen molar-refractivity contribution in [2.24, 2.45) is 0 Å². The highest BCUT2D eigenvalue weighted by molar-refractivity contribution is 5.47. The number of anilines is 1. The summed E-state index contributed by atoms with van der Waals surface area (Å²) in [4.78, 5) is 2.36. The highest BCUT2D eigenvalue weighted by atomic mass is 19.1. The third-order valence-corrected chi connectivity index (χ3v) is 2.98. The van der Waals surface area contributed by atoms with Crippen LogP contribution in [0.2, 0.25) is 0 Å². The van der Waals surface area contributed by atoms with E-state index in [0.29, 0.717) is 6.04 Å². The Morgan fingerprint density at radius 2 is 2.13 bits per heavy atom. The van der Waals surface area contributed by atoms with E-state index in [-0.39, 0.29) is 5.82 Å². The summed E-state index contributed by atoms with van der Waals surface area (Å²) in [5.74, 6) is -0.165. The van der Waals surface area contributed by atoms with Crippen LogP contribution in [0, 0.1) is 5.82 Å². The van der Waals surface area contributed by atoms with Crippen molar-refractivity contribution in [1.29, 1.82) is 0 Å². The first-order valence-corrected chi connectivity index (χ1v) is 5.54. The van der Waals surface area contributed by atoms with E-state index in [4.69, 9.17) is 0 Å². The van der Waals surface area contributed by atoms with Crippen LogP contribution in [-0.2, 0) is 0 Å². The summed E-state index contributed by atoms with van der Waals surface area (Å²) in [7, 11) is 0. The number of nitrogens with zero attached hydrogens (tertiary/aromatic N) is 1. The maximum absolute atomic E-state index is 12.8. The largest absolute Gasteiger partial charge is 0.366 e. The van der Waals surface area contributed by atoms with Crippen LogP contribution in [-0.4, -0.2) is 25.7 Å². The smallest absolute Gasteiger partial charge is 0.123 e. The van der Waals surface area contributed by atoms with Gasteiger partial charge in [-0.15, -0.1) is 0 Å². The Bertz CT molecular complexity index is 310. The number of hydrogen-bond acceptors (Lipinski definition) is 2. The normalized spacial score (nSPS) is 21.7. The SMILES string of the molecule is CCC1CNCCN1c1ccc(F)cc1. The summed E-state index contributed by atoms with van der Waals surface area (Å²) < 4.78 is 12.8. The zero-order valence-electron chi connectivity index (χ0n) is 9.04. The van der Waals surface area contributed by atoms with Crippen LogP contribution < -0.4 is 10.2 Å². The highest BCUT2D eigenvalue weighted by Crippen LogP contribution is 2.19. The Kier molecular flexibility index (Phi) is 3.21. The molecule has 1 saturated heterocycles. The number of rotatable bonds is 2. The predicted octanol–water partition coefficient (Wildman–Crippen LogP) is 2.01. The first-order chi connectivity index (χ1) is 7.31. The van der Waals surface area contributed by atoms with Crippen molar-refractivity contribution in [2.75, 3.05) is 24.5 Å². The molecule has 0 aromatic heterocycles. The Balaban J connectivity index is 2.16. The van der Waals surface area contributed by atoms with Crippen molar-refractivity contribution in [3.05, 3.63) is 30.1 Å². The molecule has 0 saturated carbocycles. The Morgan fingerprint density at radius 1 is 1.40 bits per heavy atom. The lowest BCUT2D eigenvalue weighted by Gasteiger charge is -2.37. The molecule has 1 aromatic rings. The van der Waals surface area contributed by atoms with E-state index in [9.17, 15) is 4.39 Å².